The van der Waals surface area contributed by atoms with Crippen molar-refractivity contribution in [2.45, 2.75) is 44.8 Å². The van der Waals surface area contributed by atoms with Crippen molar-refractivity contribution in [1.82, 2.24) is 5.32 Å². The van der Waals surface area contributed by atoms with Gasteiger partial charge < -0.3 is 14.8 Å². The molecule has 18 heavy (non-hydrogen) atoms. The van der Waals surface area contributed by atoms with E-state index in [0.717, 1.165) is 0 Å². The first-order valence-electron chi connectivity index (χ1n) is 5.85. The second-order valence-corrected chi connectivity index (χ2v) is 5.32. The molecule has 0 spiro atoms. The average molecular weight is 253 g/mol. The number of hydrogen-bond acceptors (Lipinski definition) is 4. The first-order valence-corrected chi connectivity index (χ1v) is 5.85. The largest absolute Gasteiger partial charge is 0.444 e. The third kappa shape index (κ3) is 3.74. The molecule has 0 radical (unpaired) electrons. The van der Waals surface area contributed by atoms with Crippen molar-refractivity contribution in [3.05, 3.63) is 0 Å². The molecule has 1 aliphatic rings. The molecule has 1 fully saturated rings. The monoisotopic (exact) mass is 253 g/mol. The Morgan fingerprint density at radius 3 is 2.61 bits per heavy atom. The number of nitrogens with one attached hydrogen (secondary N) is 1. The van der Waals surface area contributed by atoms with Crippen LogP contribution in [0.3, 0.4) is 0 Å². The summed E-state index contributed by atoms with van der Waals surface area (Å²) < 4.78 is 10.3. The maximum Gasteiger partial charge on any atom is 0.408 e. The number of rotatable bonds is 3. The normalized spacial score (nSPS) is 23.2. The number of carbonyl (C=O) groups is 2. The quantitative estimate of drug-likeness (QED) is 0.769. The van der Waals surface area contributed by atoms with Gasteiger partial charge in [-0.15, -0.1) is 6.42 Å². The van der Waals surface area contributed by atoms with Gasteiger partial charge in [0, 0.05) is 13.0 Å². The van der Waals surface area contributed by atoms with Gasteiger partial charge in [0.05, 0.1) is 13.0 Å². The van der Waals surface area contributed by atoms with Gasteiger partial charge in [-0.3, -0.25) is 4.79 Å². The van der Waals surface area contributed by atoms with Gasteiger partial charge in [-0.25, -0.2) is 4.79 Å². The van der Waals surface area contributed by atoms with Crippen LogP contribution in [-0.4, -0.2) is 36.2 Å². The zero-order valence-electron chi connectivity index (χ0n) is 11.0. The summed E-state index contributed by atoms with van der Waals surface area (Å²) in [5.41, 5.74) is -1.64. The summed E-state index contributed by atoms with van der Waals surface area (Å²) in [5, 5.41) is 2.60. The van der Waals surface area contributed by atoms with E-state index in [-0.39, 0.29) is 18.8 Å². The van der Waals surface area contributed by atoms with Crippen LogP contribution >= 0.6 is 0 Å². The van der Waals surface area contributed by atoms with Crippen LogP contribution in [-0.2, 0) is 14.3 Å². The van der Waals surface area contributed by atoms with Crippen molar-refractivity contribution < 1.29 is 19.1 Å². The summed E-state index contributed by atoms with van der Waals surface area (Å²) in [6.45, 7) is 5.84. The summed E-state index contributed by atoms with van der Waals surface area (Å²) in [5.74, 6) is 2.08. The fraction of sp³-hybridized carbons (Fsp3) is 0.692. The van der Waals surface area contributed by atoms with E-state index in [1.54, 1.807) is 20.8 Å². The smallest absolute Gasteiger partial charge is 0.408 e. The van der Waals surface area contributed by atoms with E-state index in [1.807, 2.05) is 0 Å². The van der Waals surface area contributed by atoms with Gasteiger partial charge in [0.2, 0.25) is 0 Å². The third-order valence-electron chi connectivity index (χ3n) is 2.56. The predicted molar refractivity (Wildman–Crippen MR) is 66.0 cm³/mol. The number of alkyl carbamates (subject to hydrolysis) is 1. The van der Waals surface area contributed by atoms with Crippen LogP contribution in [0.5, 0.6) is 0 Å². The Bertz CT molecular complexity index is 369. The summed E-state index contributed by atoms with van der Waals surface area (Å²) in [6, 6.07) is 0. The highest BCUT2D eigenvalue weighted by atomic mass is 16.6. The van der Waals surface area contributed by atoms with Crippen molar-refractivity contribution in [2.75, 3.05) is 13.2 Å². The lowest BCUT2D eigenvalue weighted by atomic mass is 9.91. The summed E-state index contributed by atoms with van der Waals surface area (Å²) in [4.78, 5) is 23.7. The van der Waals surface area contributed by atoms with Crippen molar-refractivity contribution in [1.29, 1.82) is 0 Å². The summed E-state index contributed by atoms with van der Waals surface area (Å²) in [6.07, 6.45) is 4.90. The van der Waals surface area contributed by atoms with E-state index in [9.17, 15) is 9.59 Å². The molecule has 0 aromatic rings. The SMILES string of the molecule is C#CCC(=O)C1(NC(=O)OC(C)(C)C)CCOC1. The van der Waals surface area contributed by atoms with E-state index in [4.69, 9.17) is 15.9 Å². The average Bonchev–Trinajstić information content (AvgIpc) is 2.64. The molecule has 0 bridgehead atoms. The predicted octanol–water partition coefficient (Wildman–Crippen LogP) is 1.26. The molecular formula is C13H19NO4. The Balaban J connectivity index is 2.72. The van der Waals surface area contributed by atoms with E-state index >= 15 is 0 Å². The minimum absolute atomic E-state index is 0.0286. The van der Waals surface area contributed by atoms with Gasteiger partial charge in [-0.05, 0) is 20.8 Å². The maximum atomic E-state index is 12.0. The number of ketones is 1. The van der Waals surface area contributed by atoms with E-state index in [1.165, 1.54) is 0 Å². The fourth-order valence-electron chi connectivity index (χ4n) is 1.71. The molecule has 5 heteroatoms. The van der Waals surface area contributed by atoms with Crippen LogP contribution in [0.15, 0.2) is 0 Å². The van der Waals surface area contributed by atoms with Gasteiger partial charge in [0.25, 0.3) is 0 Å². The van der Waals surface area contributed by atoms with Crippen molar-refractivity contribution in [3.8, 4) is 12.3 Å². The van der Waals surface area contributed by atoms with Gasteiger partial charge in [0.1, 0.15) is 11.1 Å². The molecule has 1 rings (SSSR count). The number of carbonyl (C=O) groups excluding carboxylic acids is 2. The van der Waals surface area contributed by atoms with Crippen LogP contribution in [0.25, 0.3) is 0 Å². The molecule has 1 amide bonds. The number of amides is 1. The standard InChI is InChI=1S/C13H19NO4/c1-5-6-10(15)13(7-8-17-9-13)14-11(16)18-12(2,3)4/h1H,6-9H2,2-4H3,(H,14,16). The summed E-state index contributed by atoms with van der Waals surface area (Å²) in [7, 11) is 0. The van der Waals surface area contributed by atoms with Gasteiger partial charge in [0.15, 0.2) is 5.78 Å². The highest BCUT2D eigenvalue weighted by molar-refractivity contribution is 5.93. The first kappa shape index (κ1) is 14.5. The molecule has 0 aliphatic carbocycles. The Hall–Kier alpha value is -1.54. The molecule has 1 N–H and O–H groups in total. The van der Waals surface area contributed by atoms with Crippen LogP contribution in [0.4, 0.5) is 4.79 Å². The Morgan fingerprint density at radius 2 is 2.17 bits per heavy atom. The lowest BCUT2D eigenvalue weighted by Gasteiger charge is -2.28. The minimum atomic E-state index is -1.03. The minimum Gasteiger partial charge on any atom is -0.444 e. The van der Waals surface area contributed by atoms with E-state index in [0.29, 0.717) is 13.0 Å². The number of hydrogen-bond donors (Lipinski definition) is 1. The van der Waals surface area contributed by atoms with Crippen molar-refractivity contribution in [2.24, 2.45) is 0 Å². The molecule has 1 saturated heterocycles. The lowest BCUT2D eigenvalue weighted by molar-refractivity contribution is -0.124. The Kier molecular flexibility index (Phi) is 4.36. The first-order chi connectivity index (χ1) is 8.29. The molecular weight excluding hydrogens is 234 g/mol. The lowest BCUT2D eigenvalue weighted by Crippen LogP contribution is -2.56. The second kappa shape index (κ2) is 5.40. The molecule has 1 atom stereocenters. The van der Waals surface area contributed by atoms with Crippen molar-refractivity contribution >= 4 is 11.9 Å². The van der Waals surface area contributed by atoms with Gasteiger partial charge in [-0.1, -0.05) is 5.92 Å². The maximum absolute atomic E-state index is 12.0. The van der Waals surface area contributed by atoms with Gasteiger partial charge >= 0.3 is 6.09 Å². The van der Waals surface area contributed by atoms with Crippen molar-refractivity contribution in [3.63, 3.8) is 0 Å². The molecule has 1 aliphatic heterocycles. The van der Waals surface area contributed by atoms with E-state index < -0.39 is 17.2 Å². The zero-order valence-corrected chi connectivity index (χ0v) is 11.0. The summed E-state index contributed by atoms with van der Waals surface area (Å²) >= 11 is 0. The number of Topliss-reactive ketones (excluding diaryl/α,β-unsaturated/α-hetero) is 1. The fourth-order valence-corrected chi connectivity index (χ4v) is 1.71. The Morgan fingerprint density at radius 1 is 1.50 bits per heavy atom. The number of ether oxygens (including phenoxy) is 2. The van der Waals surface area contributed by atoms with Crippen LogP contribution < -0.4 is 5.32 Å². The Labute approximate surface area is 107 Å². The van der Waals surface area contributed by atoms with Crippen LogP contribution in [0.2, 0.25) is 0 Å². The molecule has 0 aromatic carbocycles. The highest BCUT2D eigenvalue weighted by Gasteiger charge is 2.43. The molecule has 1 unspecified atom stereocenters. The van der Waals surface area contributed by atoms with Crippen LogP contribution in [0, 0.1) is 12.3 Å². The molecule has 0 saturated carbocycles. The number of terminal acetylenes is 1. The molecule has 1 heterocycles. The second-order valence-electron chi connectivity index (χ2n) is 5.32. The third-order valence-corrected chi connectivity index (χ3v) is 2.56. The zero-order chi connectivity index (χ0) is 13.8. The van der Waals surface area contributed by atoms with E-state index in [2.05, 4.69) is 11.2 Å². The highest BCUT2D eigenvalue weighted by Crippen LogP contribution is 2.22. The molecule has 0 aromatic heterocycles. The molecule has 5 nitrogen and oxygen atoms in total. The molecule has 100 valence electrons. The van der Waals surface area contributed by atoms with Crippen LogP contribution in [0.1, 0.15) is 33.6 Å². The topological polar surface area (TPSA) is 64.6 Å². The van der Waals surface area contributed by atoms with Gasteiger partial charge in [-0.2, -0.15) is 0 Å².